The molecule has 2 aliphatic heterocycles. The number of urea groups is 1. The second-order valence-electron chi connectivity index (χ2n) is 10.3. The van der Waals surface area contributed by atoms with Crippen LogP contribution >= 0.6 is 0 Å². The van der Waals surface area contributed by atoms with Gasteiger partial charge in [0.05, 0.1) is 23.9 Å². The average Bonchev–Trinajstić information content (AvgIpc) is 3.28. The van der Waals surface area contributed by atoms with Gasteiger partial charge in [0.2, 0.25) is 5.91 Å². The Balaban J connectivity index is 1.48. The van der Waals surface area contributed by atoms with Crippen molar-refractivity contribution in [3.63, 3.8) is 0 Å². The van der Waals surface area contributed by atoms with Gasteiger partial charge in [-0.3, -0.25) is 14.5 Å². The first-order chi connectivity index (χ1) is 19.3. The summed E-state index contributed by atoms with van der Waals surface area (Å²) in [5.41, 5.74) is 5.72. The molecule has 8 heteroatoms. The number of likely N-dealkylation sites (N-methyl/N-ethyl adjacent to an activating group) is 1. The van der Waals surface area contributed by atoms with Crippen molar-refractivity contribution in [2.75, 3.05) is 13.1 Å². The van der Waals surface area contributed by atoms with E-state index in [1.165, 1.54) is 12.1 Å². The van der Waals surface area contributed by atoms with Gasteiger partial charge in [-0.25, -0.2) is 9.18 Å². The smallest absolute Gasteiger partial charge is 0.322 e. The first kappa shape index (κ1) is 27.1. The van der Waals surface area contributed by atoms with Crippen LogP contribution in [0.4, 0.5) is 9.18 Å². The zero-order chi connectivity index (χ0) is 28.4. The molecule has 7 nitrogen and oxygen atoms in total. The van der Waals surface area contributed by atoms with E-state index < -0.39 is 12.1 Å². The molecule has 3 aromatic carbocycles. The third-order valence-corrected chi connectivity index (χ3v) is 7.63. The molecule has 0 saturated heterocycles. The van der Waals surface area contributed by atoms with Crippen molar-refractivity contribution >= 4 is 17.8 Å². The summed E-state index contributed by atoms with van der Waals surface area (Å²) in [5, 5.41) is 5.98. The van der Waals surface area contributed by atoms with E-state index in [0.29, 0.717) is 24.2 Å². The van der Waals surface area contributed by atoms with E-state index in [2.05, 4.69) is 10.6 Å². The first-order valence-corrected chi connectivity index (χ1v) is 13.5. The Labute approximate surface area is 233 Å². The second-order valence-corrected chi connectivity index (χ2v) is 10.3. The van der Waals surface area contributed by atoms with E-state index in [4.69, 9.17) is 0 Å². The second kappa shape index (κ2) is 11.3. The third-order valence-electron chi connectivity index (χ3n) is 7.63. The van der Waals surface area contributed by atoms with Crippen LogP contribution in [0.1, 0.15) is 40.8 Å². The van der Waals surface area contributed by atoms with Crippen molar-refractivity contribution in [1.82, 2.24) is 20.4 Å². The summed E-state index contributed by atoms with van der Waals surface area (Å²) in [7, 11) is 0. The van der Waals surface area contributed by atoms with E-state index in [1.54, 1.807) is 21.9 Å². The lowest BCUT2D eigenvalue weighted by Gasteiger charge is -2.33. The number of nitrogens with zero attached hydrogens (tertiary/aromatic N) is 2. The number of benzene rings is 3. The van der Waals surface area contributed by atoms with Gasteiger partial charge in [-0.1, -0.05) is 66.2 Å². The molecule has 40 heavy (non-hydrogen) atoms. The molecule has 2 atom stereocenters. The van der Waals surface area contributed by atoms with E-state index in [9.17, 15) is 18.8 Å². The molecule has 2 N–H and O–H groups in total. The Morgan fingerprint density at radius 3 is 2.42 bits per heavy atom. The largest absolute Gasteiger partial charge is 0.350 e. The molecular formula is C32H33FN4O3. The lowest BCUT2D eigenvalue weighted by molar-refractivity contribution is -0.136. The number of nitrogens with one attached hydrogen (secondary N) is 2. The minimum atomic E-state index is -0.811. The Morgan fingerprint density at radius 2 is 1.75 bits per heavy atom. The molecule has 2 aliphatic rings. The molecule has 0 saturated carbocycles. The van der Waals surface area contributed by atoms with Crippen LogP contribution in [-0.4, -0.2) is 46.8 Å². The molecule has 2 heterocycles. The molecule has 0 fully saturated rings. The molecule has 0 radical (unpaired) electrons. The molecule has 0 unspecified atom stereocenters. The van der Waals surface area contributed by atoms with Gasteiger partial charge in [0, 0.05) is 19.5 Å². The summed E-state index contributed by atoms with van der Waals surface area (Å²) >= 11 is 0. The number of amides is 4. The minimum absolute atomic E-state index is 0.151. The van der Waals surface area contributed by atoms with Gasteiger partial charge in [-0.05, 0) is 55.2 Å². The Hall–Kier alpha value is -4.46. The standard InChI is InChI=1S/C32H33FN4O3/c1-4-36-27-19-37(31(39)28(27)29(35-32(36)40)25-15-10-20(2)16-21(25)3)26(17-22-8-6-5-7-9-22)30(38)34-18-23-11-13-24(33)14-12-23/h5-16,26,29H,4,17-19H2,1-3H3,(H,34,38)(H,35,40)/t26-,29-/m1/s1. The maximum Gasteiger partial charge on any atom is 0.322 e. The normalized spacial score (nSPS) is 17.6. The topological polar surface area (TPSA) is 81.8 Å². The number of halogens is 1. The van der Waals surface area contributed by atoms with Gasteiger partial charge >= 0.3 is 6.03 Å². The van der Waals surface area contributed by atoms with Crippen molar-refractivity contribution in [1.29, 1.82) is 0 Å². The molecular weight excluding hydrogens is 507 g/mol. The van der Waals surface area contributed by atoms with Crippen molar-refractivity contribution in [2.45, 2.75) is 45.8 Å². The molecule has 5 rings (SSSR count). The highest BCUT2D eigenvalue weighted by molar-refractivity contribution is 6.03. The maximum atomic E-state index is 14.2. The summed E-state index contributed by atoms with van der Waals surface area (Å²) in [6.07, 6.45) is 0.310. The highest BCUT2D eigenvalue weighted by atomic mass is 19.1. The highest BCUT2D eigenvalue weighted by Crippen LogP contribution is 2.38. The molecule has 0 aromatic heterocycles. The molecule has 3 aromatic rings. The lowest BCUT2D eigenvalue weighted by atomic mass is 9.91. The van der Waals surface area contributed by atoms with Crippen molar-refractivity contribution in [2.24, 2.45) is 0 Å². The third kappa shape index (κ3) is 5.34. The van der Waals surface area contributed by atoms with Crippen LogP contribution in [0, 0.1) is 19.7 Å². The van der Waals surface area contributed by atoms with Crippen LogP contribution in [0.3, 0.4) is 0 Å². The van der Waals surface area contributed by atoms with E-state index >= 15 is 0 Å². The van der Waals surface area contributed by atoms with Crippen LogP contribution in [0.15, 0.2) is 84.1 Å². The van der Waals surface area contributed by atoms with Gasteiger partial charge < -0.3 is 15.5 Å². The number of carbonyl (C=O) groups is 3. The zero-order valence-corrected chi connectivity index (χ0v) is 22.9. The van der Waals surface area contributed by atoms with Gasteiger partial charge in [0.15, 0.2) is 0 Å². The predicted octanol–water partition coefficient (Wildman–Crippen LogP) is 4.55. The first-order valence-electron chi connectivity index (χ1n) is 13.5. The highest BCUT2D eigenvalue weighted by Gasteiger charge is 2.47. The van der Waals surface area contributed by atoms with Crippen molar-refractivity contribution in [3.05, 3.63) is 118 Å². The summed E-state index contributed by atoms with van der Waals surface area (Å²) in [4.78, 5) is 44.2. The number of hydrogen-bond acceptors (Lipinski definition) is 3. The van der Waals surface area contributed by atoms with Crippen LogP contribution in [0.25, 0.3) is 0 Å². The fourth-order valence-corrected chi connectivity index (χ4v) is 5.57. The quantitative estimate of drug-likeness (QED) is 0.440. The summed E-state index contributed by atoms with van der Waals surface area (Å²) in [6, 6.07) is 19.8. The minimum Gasteiger partial charge on any atom is -0.350 e. The number of hydrogen-bond donors (Lipinski definition) is 2. The number of rotatable bonds is 8. The van der Waals surface area contributed by atoms with Crippen LogP contribution in [0.2, 0.25) is 0 Å². The fourth-order valence-electron chi connectivity index (χ4n) is 5.57. The Kier molecular flexibility index (Phi) is 7.69. The molecule has 206 valence electrons. The molecule has 0 spiro atoms. The van der Waals surface area contributed by atoms with E-state index in [0.717, 1.165) is 27.8 Å². The zero-order valence-electron chi connectivity index (χ0n) is 22.9. The van der Waals surface area contributed by atoms with E-state index in [1.807, 2.05) is 69.3 Å². The molecule has 0 aliphatic carbocycles. The van der Waals surface area contributed by atoms with Gasteiger partial charge in [-0.15, -0.1) is 0 Å². The van der Waals surface area contributed by atoms with Crippen molar-refractivity contribution in [3.8, 4) is 0 Å². The van der Waals surface area contributed by atoms with Crippen LogP contribution < -0.4 is 10.6 Å². The summed E-state index contributed by atoms with van der Waals surface area (Å²) in [5.74, 6) is -0.929. The average molecular weight is 541 g/mol. The number of aryl methyl sites for hydroxylation is 2. The Bertz CT molecular complexity index is 1470. The van der Waals surface area contributed by atoms with Crippen LogP contribution in [-0.2, 0) is 22.6 Å². The van der Waals surface area contributed by atoms with Gasteiger partial charge in [0.25, 0.3) is 5.91 Å². The SMILES string of the molecule is CCN1C(=O)N[C@H](c2ccc(C)cc2C)C2=C1CN([C@H](Cc1ccccc1)C(=O)NCc1ccc(F)cc1)C2=O. The molecule has 4 amide bonds. The summed E-state index contributed by atoms with van der Waals surface area (Å²) in [6.45, 7) is 6.58. The van der Waals surface area contributed by atoms with Gasteiger partial charge in [0.1, 0.15) is 11.9 Å². The monoisotopic (exact) mass is 540 g/mol. The Morgan fingerprint density at radius 1 is 1.02 bits per heavy atom. The maximum absolute atomic E-state index is 14.2. The van der Waals surface area contributed by atoms with E-state index in [-0.39, 0.29) is 36.8 Å². The molecule has 0 bridgehead atoms. The van der Waals surface area contributed by atoms with Crippen LogP contribution in [0.5, 0.6) is 0 Å². The fraction of sp³-hybridized carbons (Fsp3) is 0.281. The predicted molar refractivity (Wildman–Crippen MR) is 150 cm³/mol. The summed E-state index contributed by atoms with van der Waals surface area (Å²) < 4.78 is 13.4. The van der Waals surface area contributed by atoms with Gasteiger partial charge in [-0.2, -0.15) is 0 Å². The number of carbonyl (C=O) groups excluding carboxylic acids is 3. The lowest BCUT2D eigenvalue weighted by Crippen LogP contribution is -2.49. The van der Waals surface area contributed by atoms with Crippen molar-refractivity contribution < 1.29 is 18.8 Å².